The molecule has 0 bridgehead atoms. The molecule has 32 heavy (non-hydrogen) atoms. The lowest BCUT2D eigenvalue weighted by Crippen LogP contribution is -2.34. The number of anilines is 2. The van der Waals surface area contributed by atoms with E-state index in [1.165, 1.54) is 12.2 Å². The lowest BCUT2D eigenvalue weighted by molar-refractivity contribution is 0.00709. The predicted octanol–water partition coefficient (Wildman–Crippen LogP) is 4.22. The number of nitrogens with zero attached hydrogens (tertiary/aromatic N) is 2. The van der Waals surface area contributed by atoms with Crippen molar-refractivity contribution in [2.45, 2.75) is 38.2 Å². The van der Waals surface area contributed by atoms with Gasteiger partial charge in [-0.1, -0.05) is 23.1 Å². The van der Waals surface area contributed by atoms with E-state index < -0.39 is 35.9 Å². The van der Waals surface area contributed by atoms with Crippen molar-refractivity contribution < 1.29 is 27.3 Å². The summed E-state index contributed by atoms with van der Waals surface area (Å²) in [6, 6.07) is 0.440. The minimum Gasteiger partial charge on any atom is -0.382 e. The summed E-state index contributed by atoms with van der Waals surface area (Å²) < 4.78 is 44.6. The zero-order valence-electron chi connectivity index (χ0n) is 17.0. The lowest BCUT2D eigenvalue weighted by atomic mass is 10.2. The SMILES string of the molecule is C=C/C(F)=C\C=C(/C)Nc1nc(N)c(C(=O)c2cc(C(=O)NC3CCC(F)(F)C3)no2)s1. The number of carbonyl (C=O) groups excluding carboxylic acids is 2. The average molecular weight is 467 g/mol. The van der Waals surface area contributed by atoms with E-state index in [0.717, 1.165) is 23.5 Å². The van der Waals surface area contributed by atoms with E-state index in [4.69, 9.17) is 10.3 Å². The summed E-state index contributed by atoms with van der Waals surface area (Å²) in [6.45, 7) is 4.96. The van der Waals surface area contributed by atoms with Crippen LogP contribution >= 0.6 is 11.3 Å². The van der Waals surface area contributed by atoms with E-state index in [0.29, 0.717) is 5.70 Å². The van der Waals surface area contributed by atoms with Crippen LogP contribution in [0.25, 0.3) is 0 Å². The lowest BCUT2D eigenvalue weighted by Gasteiger charge is -2.11. The molecule has 1 fully saturated rings. The maximum atomic E-state index is 13.3. The first-order valence-corrected chi connectivity index (χ1v) is 10.3. The molecule has 1 atom stereocenters. The van der Waals surface area contributed by atoms with E-state index in [1.807, 2.05) is 0 Å². The first-order valence-electron chi connectivity index (χ1n) is 9.48. The van der Waals surface area contributed by atoms with Crippen LogP contribution in [0.15, 0.2) is 46.9 Å². The number of nitrogen functional groups attached to an aromatic ring is 1. The van der Waals surface area contributed by atoms with Crippen molar-refractivity contribution in [1.82, 2.24) is 15.5 Å². The number of aromatic nitrogens is 2. The van der Waals surface area contributed by atoms with Gasteiger partial charge in [0.05, 0.1) is 0 Å². The Morgan fingerprint density at radius 3 is 2.81 bits per heavy atom. The number of nitrogens with two attached hydrogens (primary N) is 1. The Hall–Kier alpha value is -3.41. The van der Waals surface area contributed by atoms with Crippen LogP contribution < -0.4 is 16.4 Å². The minimum atomic E-state index is -2.80. The number of allylic oxidation sites excluding steroid dienone is 5. The average Bonchev–Trinajstić information content (AvgIpc) is 3.44. The summed E-state index contributed by atoms with van der Waals surface area (Å²) >= 11 is 0.930. The van der Waals surface area contributed by atoms with E-state index in [1.54, 1.807) is 6.92 Å². The van der Waals surface area contributed by atoms with Gasteiger partial charge in [-0.25, -0.2) is 18.2 Å². The zero-order chi connectivity index (χ0) is 23.5. The topological polar surface area (TPSA) is 123 Å². The highest BCUT2D eigenvalue weighted by Crippen LogP contribution is 2.35. The monoisotopic (exact) mass is 467 g/mol. The molecule has 170 valence electrons. The molecule has 0 spiro atoms. The Balaban J connectivity index is 1.67. The van der Waals surface area contributed by atoms with Gasteiger partial charge < -0.3 is 20.9 Å². The van der Waals surface area contributed by atoms with Gasteiger partial charge in [-0.2, -0.15) is 0 Å². The maximum absolute atomic E-state index is 13.3. The van der Waals surface area contributed by atoms with E-state index in [-0.39, 0.29) is 40.1 Å². The van der Waals surface area contributed by atoms with Crippen LogP contribution in [0.1, 0.15) is 52.1 Å². The first-order chi connectivity index (χ1) is 15.1. The second-order valence-corrected chi connectivity index (χ2v) is 8.14. The molecule has 2 heterocycles. The van der Waals surface area contributed by atoms with Gasteiger partial charge in [0, 0.05) is 30.6 Å². The number of amides is 1. The predicted molar refractivity (Wildman–Crippen MR) is 113 cm³/mol. The summed E-state index contributed by atoms with van der Waals surface area (Å²) in [4.78, 5) is 29.0. The zero-order valence-corrected chi connectivity index (χ0v) is 17.8. The van der Waals surface area contributed by atoms with Crippen molar-refractivity contribution in [2.75, 3.05) is 11.1 Å². The molecule has 0 saturated heterocycles. The minimum absolute atomic E-state index is 0.0478. The van der Waals surface area contributed by atoms with Gasteiger partial charge in [-0.3, -0.25) is 9.59 Å². The van der Waals surface area contributed by atoms with Crippen molar-refractivity contribution >= 4 is 34.0 Å². The van der Waals surface area contributed by atoms with Gasteiger partial charge in [0.2, 0.25) is 17.5 Å². The molecule has 12 heteroatoms. The van der Waals surface area contributed by atoms with Crippen LogP contribution in [-0.2, 0) is 0 Å². The van der Waals surface area contributed by atoms with E-state index >= 15 is 0 Å². The molecule has 2 aromatic rings. The number of alkyl halides is 2. The van der Waals surface area contributed by atoms with E-state index in [2.05, 4.69) is 27.4 Å². The van der Waals surface area contributed by atoms with Gasteiger partial charge in [0.25, 0.3) is 5.91 Å². The number of hydrogen-bond acceptors (Lipinski definition) is 8. The molecule has 2 aromatic heterocycles. The molecule has 0 radical (unpaired) electrons. The van der Waals surface area contributed by atoms with Crippen LogP contribution in [0.3, 0.4) is 0 Å². The normalized spacial score (nSPS) is 18.4. The van der Waals surface area contributed by atoms with Crippen molar-refractivity contribution in [1.29, 1.82) is 0 Å². The fraction of sp³-hybridized carbons (Fsp3) is 0.300. The second-order valence-electron chi connectivity index (χ2n) is 7.14. The molecule has 8 nitrogen and oxygen atoms in total. The van der Waals surface area contributed by atoms with Crippen molar-refractivity contribution in [3.05, 3.63) is 58.7 Å². The molecule has 1 saturated carbocycles. The third-order valence-electron chi connectivity index (χ3n) is 4.56. The second kappa shape index (κ2) is 9.39. The molecule has 0 aromatic carbocycles. The van der Waals surface area contributed by atoms with Gasteiger partial charge in [-0.05, 0) is 31.6 Å². The van der Waals surface area contributed by atoms with Crippen LogP contribution in [0, 0.1) is 0 Å². The highest BCUT2D eigenvalue weighted by Gasteiger charge is 2.40. The quantitative estimate of drug-likeness (QED) is 0.392. The third-order valence-corrected chi connectivity index (χ3v) is 5.54. The molecule has 1 aliphatic rings. The third kappa shape index (κ3) is 5.63. The Kier molecular flexibility index (Phi) is 6.82. The molecular weight excluding hydrogens is 447 g/mol. The number of thiazole rings is 1. The Bertz CT molecular complexity index is 1110. The van der Waals surface area contributed by atoms with Gasteiger partial charge in [-0.15, -0.1) is 0 Å². The number of nitrogens with one attached hydrogen (secondary N) is 2. The molecule has 3 rings (SSSR count). The highest BCUT2D eigenvalue weighted by molar-refractivity contribution is 7.18. The fourth-order valence-corrected chi connectivity index (χ4v) is 3.86. The Morgan fingerprint density at radius 2 is 2.16 bits per heavy atom. The number of carbonyl (C=O) groups is 2. The number of rotatable bonds is 8. The number of hydrogen-bond donors (Lipinski definition) is 3. The standard InChI is InChI=1S/C20H20F3N5O3S/c1-3-11(21)5-4-10(2)25-19-27-17(24)16(32-19)15(29)14-8-13(28-31-14)18(30)26-12-6-7-20(22,23)9-12/h3-5,8,12H,1,6-7,9,24H2,2H3,(H,25,27)(H,26,30)/b10-4+,11-5+. The summed E-state index contributed by atoms with van der Waals surface area (Å²) in [5.41, 5.74) is 6.15. The molecule has 1 amide bonds. The fourth-order valence-electron chi connectivity index (χ4n) is 2.96. The van der Waals surface area contributed by atoms with Crippen molar-refractivity contribution in [3.63, 3.8) is 0 Å². The largest absolute Gasteiger partial charge is 0.382 e. The molecule has 0 aliphatic heterocycles. The van der Waals surface area contributed by atoms with Crippen LogP contribution in [0.5, 0.6) is 0 Å². The summed E-state index contributed by atoms with van der Waals surface area (Å²) in [5.74, 6) is -5.01. The van der Waals surface area contributed by atoms with E-state index in [9.17, 15) is 22.8 Å². The number of ketones is 1. The van der Waals surface area contributed by atoms with Crippen LogP contribution in [0.2, 0.25) is 0 Å². The molecular formula is C20H20F3N5O3S. The molecule has 1 unspecified atom stereocenters. The summed E-state index contributed by atoms with van der Waals surface area (Å²) in [5, 5.41) is 9.17. The van der Waals surface area contributed by atoms with Gasteiger partial charge >= 0.3 is 0 Å². The molecule has 4 N–H and O–H groups in total. The van der Waals surface area contributed by atoms with Crippen LogP contribution in [0.4, 0.5) is 24.1 Å². The Morgan fingerprint density at radius 1 is 1.41 bits per heavy atom. The molecule has 1 aliphatic carbocycles. The van der Waals surface area contributed by atoms with Gasteiger partial charge in [0.1, 0.15) is 16.5 Å². The van der Waals surface area contributed by atoms with Gasteiger partial charge in [0.15, 0.2) is 10.8 Å². The maximum Gasteiger partial charge on any atom is 0.273 e. The van der Waals surface area contributed by atoms with Crippen molar-refractivity contribution in [3.8, 4) is 0 Å². The van der Waals surface area contributed by atoms with Crippen molar-refractivity contribution in [2.24, 2.45) is 0 Å². The summed E-state index contributed by atoms with van der Waals surface area (Å²) in [6.07, 6.45) is 3.12. The Labute approximate surface area is 185 Å². The smallest absolute Gasteiger partial charge is 0.273 e. The summed E-state index contributed by atoms with van der Waals surface area (Å²) in [7, 11) is 0. The number of halogens is 3. The van der Waals surface area contributed by atoms with Crippen LogP contribution in [-0.4, -0.2) is 33.8 Å². The highest BCUT2D eigenvalue weighted by atomic mass is 32.1. The first kappa shape index (κ1) is 23.3.